The second kappa shape index (κ2) is 5.27. The maximum Gasteiger partial charge on any atom is 0.116 e. The zero-order chi connectivity index (χ0) is 13.9. The van der Waals surface area contributed by atoms with E-state index in [0.717, 1.165) is 11.3 Å². The van der Waals surface area contributed by atoms with Crippen molar-refractivity contribution in [3.8, 4) is 5.75 Å². The van der Waals surface area contributed by atoms with E-state index in [2.05, 4.69) is 37.9 Å². The number of phenols is 1. The first-order chi connectivity index (χ1) is 8.95. The van der Waals surface area contributed by atoms with Crippen molar-refractivity contribution in [1.29, 1.82) is 0 Å². The van der Waals surface area contributed by atoms with Gasteiger partial charge in [-0.05, 0) is 40.8 Å². The van der Waals surface area contributed by atoms with Gasteiger partial charge in [0.2, 0.25) is 0 Å². The summed E-state index contributed by atoms with van der Waals surface area (Å²) in [6, 6.07) is 15.3. The largest absolute Gasteiger partial charge is 0.508 e. The van der Waals surface area contributed by atoms with Crippen molar-refractivity contribution in [3.63, 3.8) is 0 Å². The van der Waals surface area contributed by atoms with Crippen molar-refractivity contribution in [2.45, 2.75) is 26.2 Å². The molecule has 0 aliphatic rings. The molecule has 0 spiro atoms. The monoisotopic (exact) mass is 253 g/mol. The first-order valence-corrected chi connectivity index (χ1v) is 6.39. The lowest BCUT2D eigenvalue weighted by atomic mass is 9.87. The summed E-state index contributed by atoms with van der Waals surface area (Å²) in [6.07, 6.45) is 1.76. The smallest absolute Gasteiger partial charge is 0.116 e. The molecule has 0 amide bonds. The third-order valence-corrected chi connectivity index (χ3v) is 2.97. The van der Waals surface area contributed by atoms with Gasteiger partial charge in [0.25, 0.3) is 0 Å². The normalized spacial score (nSPS) is 11.9. The summed E-state index contributed by atoms with van der Waals surface area (Å²) >= 11 is 0. The molecule has 0 heterocycles. The van der Waals surface area contributed by atoms with Crippen LogP contribution in [-0.2, 0) is 5.41 Å². The fourth-order valence-corrected chi connectivity index (χ4v) is 1.80. The van der Waals surface area contributed by atoms with Crippen LogP contribution in [0.4, 0.5) is 5.69 Å². The van der Waals surface area contributed by atoms with Crippen molar-refractivity contribution < 1.29 is 5.11 Å². The van der Waals surface area contributed by atoms with E-state index in [4.69, 9.17) is 0 Å². The van der Waals surface area contributed by atoms with E-state index in [1.54, 1.807) is 24.4 Å². The van der Waals surface area contributed by atoms with Gasteiger partial charge in [0.05, 0.1) is 5.69 Å². The molecule has 2 heteroatoms. The Labute approximate surface area is 114 Å². The van der Waals surface area contributed by atoms with Crippen molar-refractivity contribution in [1.82, 2.24) is 0 Å². The summed E-state index contributed by atoms with van der Waals surface area (Å²) in [4.78, 5) is 4.40. The Morgan fingerprint density at radius 2 is 1.68 bits per heavy atom. The predicted octanol–water partition coefficient (Wildman–Crippen LogP) is 4.44. The highest BCUT2D eigenvalue weighted by molar-refractivity contribution is 5.82. The summed E-state index contributed by atoms with van der Waals surface area (Å²) in [5, 5.41) is 9.37. The molecule has 0 radical (unpaired) electrons. The van der Waals surface area contributed by atoms with Gasteiger partial charge in [-0.15, -0.1) is 0 Å². The van der Waals surface area contributed by atoms with Crippen LogP contribution >= 0.6 is 0 Å². The number of aliphatic imine (C=N–C) groups is 1. The standard InChI is InChI=1S/C17H19NO/c1-17(2,3)14-7-9-15(10-8-14)18-12-13-5-4-6-16(19)11-13/h4-12,19H,1-3H3. The second-order valence-corrected chi connectivity index (χ2v) is 5.65. The third-order valence-electron chi connectivity index (χ3n) is 2.97. The summed E-state index contributed by atoms with van der Waals surface area (Å²) in [7, 11) is 0. The zero-order valence-electron chi connectivity index (χ0n) is 11.6. The molecule has 19 heavy (non-hydrogen) atoms. The molecule has 2 rings (SSSR count). The van der Waals surface area contributed by atoms with Crippen molar-refractivity contribution in [2.75, 3.05) is 0 Å². The van der Waals surface area contributed by atoms with Crippen LogP contribution in [0.15, 0.2) is 53.5 Å². The average Bonchev–Trinajstić information content (AvgIpc) is 2.36. The molecule has 98 valence electrons. The predicted molar refractivity (Wildman–Crippen MR) is 80.5 cm³/mol. The van der Waals surface area contributed by atoms with Gasteiger partial charge in [-0.3, -0.25) is 4.99 Å². The van der Waals surface area contributed by atoms with Crippen LogP contribution in [0.2, 0.25) is 0 Å². The number of hydrogen-bond donors (Lipinski definition) is 1. The molecular weight excluding hydrogens is 234 g/mol. The molecule has 0 aliphatic heterocycles. The second-order valence-electron chi connectivity index (χ2n) is 5.65. The molecule has 2 aromatic carbocycles. The Hall–Kier alpha value is -2.09. The molecule has 0 saturated carbocycles. The summed E-state index contributed by atoms with van der Waals surface area (Å²) < 4.78 is 0. The van der Waals surface area contributed by atoms with Gasteiger partial charge in [0.15, 0.2) is 0 Å². The number of hydrogen-bond acceptors (Lipinski definition) is 2. The van der Waals surface area contributed by atoms with E-state index in [9.17, 15) is 5.11 Å². The third kappa shape index (κ3) is 3.68. The minimum Gasteiger partial charge on any atom is -0.508 e. The van der Waals surface area contributed by atoms with Crippen LogP contribution in [0.1, 0.15) is 31.9 Å². The molecule has 1 N–H and O–H groups in total. The molecule has 0 unspecified atom stereocenters. The number of phenolic OH excluding ortho intramolecular Hbond substituents is 1. The minimum absolute atomic E-state index is 0.160. The Balaban J connectivity index is 2.16. The van der Waals surface area contributed by atoms with E-state index in [0.29, 0.717) is 0 Å². The molecular formula is C17H19NO. The maximum atomic E-state index is 9.37. The molecule has 2 aromatic rings. The topological polar surface area (TPSA) is 32.6 Å². The lowest BCUT2D eigenvalue weighted by Gasteiger charge is -2.18. The zero-order valence-corrected chi connectivity index (χ0v) is 11.6. The highest BCUT2D eigenvalue weighted by Gasteiger charge is 2.12. The van der Waals surface area contributed by atoms with Gasteiger partial charge in [-0.2, -0.15) is 0 Å². The summed E-state index contributed by atoms with van der Waals surface area (Å²) in [5.41, 5.74) is 3.26. The van der Waals surface area contributed by atoms with Crippen LogP contribution < -0.4 is 0 Å². The maximum absolute atomic E-state index is 9.37. The Morgan fingerprint density at radius 3 is 2.26 bits per heavy atom. The summed E-state index contributed by atoms with van der Waals surface area (Å²) in [6.45, 7) is 6.58. The van der Waals surface area contributed by atoms with Gasteiger partial charge < -0.3 is 5.11 Å². The fourth-order valence-electron chi connectivity index (χ4n) is 1.80. The molecule has 0 fully saturated rings. The van der Waals surface area contributed by atoms with E-state index in [1.807, 2.05) is 18.2 Å². The Kier molecular flexibility index (Phi) is 3.70. The molecule has 0 aromatic heterocycles. The van der Waals surface area contributed by atoms with Crippen LogP contribution in [0.25, 0.3) is 0 Å². The Bertz CT molecular complexity index is 577. The van der Waals surface area contributed by atoms with E-state index < -0.39 is 0 Å². The van der Waals surface area contributed by atoms with Crippen molar-refractivity contribution >= 4 is 11.9 Å². The van der Waals surface area contributed by atoms with Crippen LogP contribution in [0, 0.1) is 0 Å². The van der Waals surface area contributed by atoms with Gasteiger partial charge >= 0.3 is 0 Å². The first kappa shape index (κ1) is 13.3. The van der Waals surface area contributed by atoms with Gasteiger partial charge in [0.1, 0.15) is 5.75 Å². The molecule has 0 atom stereocenters. The van der Waals surface area contributed by atoms with E-state index >= 15 is 0 Å². The van der Waals surface area contributed by atoms with Crippen molar-refractivity contribution in [3.05, 3.63) is 59.7 Å². The quantitative estimate of drug-likeness (QED) is 0.788. The lowest BCUT2D eigenvalue weighted by Crippen LogP contribution is -2.10. The van der Waals surface area contributed by atoms with Gasteiger partial charge in [-0.25, -0.2) is 0 Å². The molecule has 0 aliphatic carbocycles. The van der Waals surface area contributed by atoms with Crippen LogP contribution in [-0.4, -0.2) is 11.3 Å². The Morgan fingerprint density at radius 1 is 1.00 bits per heavy atom. The molecule has 2 nitrogen and oxygen atoms in total. The summed E-state index contributed by atoms with van der Waals surface area (Å²) in [5.74, 6) is 0.257. The highest BCUT2D eigenvalue weighted by atomic mass is 16.3. The fraction of sp³-hybridized carbons (Fsp3) is 0.235. The number of benzene rings is 2. The van der Waals surface area contributed by atoms with E-state index in [-0.39, 0.29) is 11.2 Å². The van der Waals surface area contributed by atoms with E-state index in [1.165, 1.54) is 5.56 Å². The molecule has 0 bridgehead atoms. The van der Waals surface area contributed by atoms with Crippen molar-refractivity contribution in [2.24, 2.45) is 4.99 Å². The lowest BCUT2D eigenvalue weighted by molar-refractivity contribution is 0.475. The number of rotatable bonds is 2. The first-order valence-electron chi connectivity index (χ1n) is 6.39. The van der Waals surface area contributed by atoms with Gasteiger partial charge in [-0.1, -0.05) is 45.0 Å². The average molecular weight is 253 g/mol. The highest BCUT2D eigenvalue weighted by Crippen LogP contribution is 2.24. The number of nitrogens with zero attached hydrogens (tertiary/aromatic N) is 1. The minimum atomic E-state index is 0.160. The van der Waals surface area contributed by atoms with Crippen LogP contribution in [0.3, 0.4) is 0 Å². The van der Waals surface area contributed by atoms with Crippen LogP contribution in [0.5, 0.6) is 5.75 Å². The molecule has 0 saturated heterocycles. The van der Waals surface area contributed by atoms with Gasteiger partial charge in [0, 0.05) is 6.21 Å². The SMILES string of the molecule is CC(C)(C)c1ccc(N=Cc2cccc(O)c2)cc1. The number of aromatic hydroxyl groups is 1.